The van der Waals surface area contributed by atoms with Crippen molar-refractivity contribution >= 4 is 17.5 Å². The Labute approximate surface area is 82.1 Å². The van der Waals surface area contributed by atoms with Crippen molar-refractivity contribution in [2.24, 2.45) is 0 Å². The van der Waals surface area contributed by atoms with Gasteiger partial charge >= 0.3 is 0 Å². The maximum absolute atomic E-state index is 11.3. The zero-order valence-corrected chi connectivity index (χ0v) is 7.92. The average molecular weight is 199 g/mol. The van der Waals surface area contributed by atoms with Gasteiger partial charge < -0.3 is 5.32 Å². The van der Waals surface area contributed by atoms with Gasteiger partial charge in [0.25, 0.3) is 5.91 Å². The molecule has 0 aliphatic heterocycles. The summed E-state index contributed by atoms with van der Waals surface area (Å²) >= 11 is 5.46. The minimum absolute atomic E-state index is 0.147. The highest BCUT2D eigenvalue weighted by atomic mass is 35.5. The summed E-state index contributed by atoms with van der Waals surface area (Å²) in [4.78, 5) is 15.2. The maximum Gasteiger partial charge on any atom is 0.269 e. The number of halogens is 1. The third kappa shape index (κ3) is 3.42. The molecule has 70 valence electrons. The van der Waals surface area contributed by atoms with Crippen LogP contribution in [-0.4, -0.2) is 23.3 Å². The molecule has 0 saturated heterocycles. The number of carbonyl (C=O) groups is 1. The molecule has 1 aromatic rings. The fraction of sp³-hybridized carbons (Fsp3) is 0.333. The fourth-order valence-electron chi connectivity index (χ4n) is 0.856. The lowest BCUT2D eigenvalue weighted by atomic mass is 10.3. The van der Waals surface area contributed by atoms with Crippen molar-refractivity contribution in [2.75, 3.05) is 12.4 Å². The minimum Gasteiger partial charge on any atom is -0.351 e. The van der Waals surface area contributed by atoms with Crippen LogP contribution < -0.4 is 5.32 Å². The minimum atomic E-state index is -0.147. The molecular formula is C9H11ClN2O. The summed E-state index contributed by atoms with van der Waals surface area (Å²) < 4.78 is 0. The number of carbonyl (C=O) groups excluding carboxylic acids is 1. The second kappa shape index (κ2) is 5.54. The monoisotopic (exact) mass is 198 g/mol. The van der Waals surface area contributed by atoms with E-state index in [9.17, 15) is 4.79 Å². The number of amides is 1. The van der Waals surface area contributed by atoms with Crippen LogP contribution in [0.4, 0.5) is 0 Å². The molecule has 1 heterocycles. The van der Waals surface area contributed by atoms with Gasteiger partial charge in [0.1, 0.15) is 5.69 Å². The molecule has 0 bridgehead atoms. The van der Waals surface area contributed by atoms with E-state index in [0.717, 1.165) is 6.42 Å². The summed E-state index contributed by atoms with van der Waals surface area (Å²) in [6, 6.07) is 5.23. The average Bonchev–Trinajstić information content (AvgIpc) is 2.19. The van der Waals surface area contributed by atoms with Gasteiger partial charge in [-0.1, -0.05) is 6.07 Å². The van der Waals surface area contributed by atoms with E-state index >= 15 is 0 Å². The Kier molecular flexibility index (Phi) is 4.26. The Bertz CT molecular complexity index is 264. The first-order valence-electron chi connectivity index (χ1n) is 4.10. The van der Waals surface area contributed by atoms with E-state index in [4.69, 9.17) is 11.6 Å². The quantitative estimate of drug-likeness (QED) is 0.588. The van der Waals surface area contributed by atoms with E-state index in [2.05, 4.69) is 10.3 Å². The molecular weight excluding hydrogens is 188 g/mol. The Balaban J connectivity index is 2.40. The van der Waals surface area contributed by atoms with E-state index in [1.807, 2.05) is 0 Å². The van der Waals surface area contributed by atoms with Crippen molar-refractivity contribution in [3.63, 3.8) is 0 Å². The van der Waals surface area contributed by atoms with Gasteiger partial charge in [0, 0.05) is 18.6 Å². The lowest BCUT2D eigenvalue weighted by molar-refractivity contribution is 0.0949. The third-order valence-corrected chi connectivity index (χ3v) is 1.76. The predicted molar refractivity (Wildman–Crippen MR) is 51.9 cm³/mol. The van der Waals surface area contributed by atoms with Gasteiger partial charge in [-0.05, 0) is 18.6 Å². The van der Waals surface area contributed by atoms with E-state index in [0.29, 0.717) is 18.1 Å². The Hall–Kier alpha value is -1.09. The lowest BCUT2D eigenvalue weighted by Gasteiger charge is -2.01. The van der Waals surface area contributed by atoms with Crippen molar-refractivity contribution in [3.05, 3.63) is 30.1 Å². The van der Waals surface area contributed by atoms with Gasteiger partial charge in [0.05, 0.1) is 0 Å². The summed E-state index contributed by atoms with van der Waals surface area (Å²) in [5, 5.41) is 2.71. The molecule has 3 nitrogen and oxygen atoms in total. The molecule has 0 atom stereocenters. The second-order valence-electron chi connectivity index (χ2n) is 2.51. The summed E-state index contributed by atoms with van der Waals surface area (Å²) in [5.74, 6) is 0.411. The third-order valence-electron chi connectivity index (χ3n) is 1.49. The first-order chi connectivity index (χ1) is 6.34. The molecule has 13 heavy (non-hydrogen) atoms. The molecule has 4 heteroatoms. The van der Waals surface area contributed by atoms with E-state index < -0.39 is 0 Å². The molecule has 0 spiro atoms. The standard InChI is InChI=1S/C9H11ClN2O/c10-5-3-7-12-9(13)8-4-1-2-6-11-8/h1-2,4,6H,3,5,7H2,(H,12,13). The first-order valence-corrected chi connectivity index (χ1v) is 4.63. The molecule has 1 rings (SSSR count). The van der Waals surface area contributed by atoms with E-state index in [-0.39, 0.29) is 5.91 Å². The Morgan fingerprint density at radius 3 is 3.00 bits per heavy atom. The number of nitrogens with zero attached hydrogens (tertiary/aromatic N) is 1. The van der Waals surface area contributed by atoms with Crippen LogP contribution in [0.5, 0.6) is 0 Å². The molecule has 0 aliphatic rings. The van der Waals surface area contributed by atoms with Crippen LogP contribution in [0, 0.1) is 0 Å². The lowest BCUT2D eigenvalue weighted by Crippen LogP contribution is -2.25. The summed E-state index contributed by atoms with van der Waals surface area (Å²) in [5.41, 5.74) is 0.442. The molecule has 0 unspecified atom stereocenters. The zero-order chi connectivity index (χ0) is 9.52. The van der Waals surface area contributed by atoms with Crippen molar-refractivity contribution in [1.82, 2.24) is 10.3 Å². The summed E-state index contributed by atoms with van der Waals surface area (Å²) in [6.07, 6.45) is 2.37. The van der Waals surface area contributed by atoms with E-state index in [1.165, 1.54) is 0 Å². The van der Waals surface area contributed by atoms with Crippen LogP contribution in [0.25, 0.3) is 0 Å². The molecule has 0 aromatic carbocycles. The van der Waals surface area contributed by atoms with Crippen LogP contribution in [0.1, 0.15) is 16.9 Å². The molecule has 1 N–H and O–H groups in total. The van der Waals surface area contributed by atoms with Crippen molar-refractivity contribution in [1.29, 1.82) is 0 Å². The normalized spacial score (nSPS) is 9.62. The van der Waals surface area contributed by atoms with Crippen molar-refractivity contribution in [3.8, 4) is 0 Å². The van der Waals surface area contributed by atoms with Gasteiger partial charge in [-0.15, -0.1) is 11.6 Å². The first kappa shape index (κ1) is 9.99. The van der Waals surface area contributed by atoms with Crippen LogP contribution >= 0.6 is 11.6 Å². The van der Waals surface area contributed by atoms with E-state index in [1.54, 1.807) is 24.4 Å². The van der Waals surface area contributed by atoms with Crippen LogP contribution in [0.3, 0.4) is 0 Å². The highest BCUT2D eigenvalue weighted by Gasteiger charge is 2.03. The number of nitrogens with one attached hydrogen (secondary N) is 1. The van der Waals surface area contributed by atoms with Gasteiger partial charge in [-0.3, -0.25) is 9.78 Å². The number of alkyl halides is 1. The van der Waals surface area contributed by atoms with Gasteiger partial charge in [0.15, 0.2) is 0 Å². The van der Waals surface area contributed by atoms with Gasteiger partial charge in [-0.2, -0.15) is 0 Å². The summed E-state index contributed by atoms with van der Waals surface area (Å²) in [6.45, 7) is 0.596. The van der Waals surface area contributed by atoms with Crippen molar-refractivity contribution < 1.29 is 4.79 Å². The number of hydrogen-bond donors (Lipinski definition) is 1. The Morgan fingerprint density at radius 1 is 1.54 bits per heavy atom. The predicted octanol–water partition coefficient (Wildman–Crippen LogP) is 1.44. The van der Waals surface area contributed by atoms with Crippen LogP contribution in [0.15, 0.2) is 24.4 Å². The molecule has 1 amide bonds. The second-order valence-corrected chi connectivity index (χ2v) is 2.89. The maximum atomic E-state index is 11.3. The zero-order valence-electron chi connectivity index (χ0n) is 7.16. The van der Waals surface area contributed by atoms with Crippen LogP contribution in [-0.2, 0) is 0 Å². The largest absolute Gasteiger partial charge is 0.351 e. The number of hydrogen-bond acceptors (Lipinski definition) is 2. The summed E-state index contributed by atoms with van der Waals surface area (Å²) in [7, 11) is 0. The molecule has 1 aromatic heterocycles. The molecule has 0 radical (unpaired) electrons. The van der Waals surface area contributed by atoms with Crippen LogP contribution in [0.2, 0.25) is 0 Å². The fourth-order valence-corrected chi connectivity index (χ4v) is 0.990. The number of rotatable bonds is 4. The van der Waals surface area contributed by atoms with Gasteiger partial charge in [0.2, 0.25) is 0 Å². The SMILES string of the molecule is O=C(NCCCCl)c1ccccn1. The molecule has 0 aliphatic carbocycles. The topological polar surface area (TPSA) is 42.0 Å². The smallest absolute Gasteiger partial charge is 0.269 e. The number of aromatic nitrogens is 1. The Morgan fingerprint density at radius 2 is 2.38 bits per heavy atom. The highest BCUT2D eigenvalue weighted by Crippen LogP contribution is 1.92. The molecule has 0 fully saturated rings. The van der Waals surface area contributed by atoms with Crippen molar-refractivity contribution in [2.45, 2.75) is 6.42 Å². The molecule has 0 saturated carbocycles. The number of pyridine rings is 1. The van der Waals surface area contributed by atoms with Gasteiger partial charge in [-0.25, -0.2) is 0 Å². The highest BCUT2D eigenvalue weighted by molar-refractivity contribution is 6.17.